The van der Waals surface area contributed by atoms with Gasteiger partial charge in [0.1, 0.15) is 0 Å². The second kappa shape index (κ2) is 7.72. The average Bonchev–Trinajstić information content (AvgIpc) is 2.85. The van der Waals surface area contributed by atoms with Gasteiger partial charge in [0.2, 0.25) is 0 Å². The second-order valence-corrected chi connectivity index (χ2v) is 8.45. The van der Waals surface area contributed by atoms with Gasteiger partial charge >= 0.3 is 5.97 Å². The first-order chi connectivity index (χ1) is 11.2. The summed E-state index contributed by atoms with van der Waals surface area (Å²) in [6.07, 6.45) is 0.395. The Balaban J connectivity index is 2.00. The van der Waals surface area contributed by atoms with Crippen molar-refractivity contribution in [2.75, 3.05) is 24.7 Å². The molecule has 1 aliphatic rings. The second-order valence-electron chi connectivity index (χ2n) is 5.41. The van der Waals surface area contributed by atoms with E-state index < -0.39 is 28.3 Å². The third kappa shape index (κ3) is 4.40. The number of sulfone groups is 1. The molecule has 0 aromatic heterocycles. The highest BCUT2D eigenvalue weighted by molar-refractivity contribution is 7.91. The summed E-state index contributed by atoms with van der Waals surface area (Å²) in [6.45, 7) is 1.59. The Labute approximate surface area is 150 Å². The van der Waals surface area contributed by atoms with E-state index in [0.29, 0.717) is 13.0 Å². The molecular formula is C15H17Cl2NO5S. The Morgan fingerprint density at radius 3 is 2.42 bits per heavy atom. The van der Waals surface area contributed by atoms with Gasteiger partial charge in [-0.1, -0.05) is 29.3 Å². The number of carbonyl (C=O) groups excluding carboxylic acids is 2. The molecule has 2 rings (SSSR count). The number of ether oxygens (including phenoxy) is 1. The lowest BCUT2D eigenvalue weighted by Gasteiger charge is -2.26. The molecule has 1 heterocycles. The van der Waals surface area contributed by atoms with E-state index in [1.54, 1.807) is 13.0 Å². The number of hydrogen-bond acceptors (Lipinski definition) is 5. The number of likely N-dealkylation sites (N-methyl/N-ethyl adjacent to an activating group) is 1. The van der Waals surface area contributed by atoms with E-state index in [1.165, 1.54) is 17.0 Å². The molecule has 1 fully saturated rings. The van der Waals surface area contributed by atoms with Crippen LogP contribution in [-0.2, 0) is 19.4 Å². The molecule has 6 nitrogen and oxygen atoms in total. The summed E-state index contributed by atoms with van der Waals surface area (Å²) in [5.41, 5.74) is 0.000117. The summed E-state index contributed by atoms with van der Waals surface area (Å²) < 4.78 is 28.1. The van der Waals surface area contributed by atoms with Crippen molar-refractivity contribution in [3.8, 4) is 0 Å². The van der Waals surface area contributed by atoms with E-state index in [-0.39, 0.29) is 33.2 Å². The van der Waals surface area contributed by atoms with Crippen molar-refractivity contribution in [3.05, 3.63) is 33.8 Å². The summed E-state index contributed by atoms with van der Waals surface area (Å²) in [5.74, 6) is -1.24. The van der Waals surface area contributed by atoms with Gasteiger partial charge in [0.25, 0.3) is 5.91 Å². The Morgan fingerprint density at radius 2 is 1.92 bits per heavy atom. The fraction of sp³-hybridized carbons (Fsp3) is 0.467. The van der Waals surface area contributed by atoms with E-state index in [9.17, 15) is 18.0 Å². The van der Waals surface area contributed by atoms with E-state index >= 15 is 0 Å². The number of carbonyl (C=O) groups is 2. The molecule has 9 heteroatoms. The first-order valence-electron chi connectivity index (χ1n) is 7.36. The average molecular weight is 394 g/mol. The SMILES string of the molecule is CCN(C(=O)COC(=O)c1c(Cl)cccc1Cl)C1CCS(=O)(=O)C1. The lowest BCUT2D eigenvalue weighted by molar-refractivity contribution is -0.136. The quantitative estimate of drug-likeness (QED) is 0.716. The zero-order valence-corrected chi connectivity index (χ0v) is 15.3. The smallest absolute Gasteiger partial charge is 0.341 e. The molecule has 1 amide bonds. The highest BCUT2D eigenvalue weighted by Crippen LogP contribution is 2.25. The number of amides is 1. The molecule has 0 N–H and O–H groups in total. The number of nitrogens with zero attached hydrogens (tertiary/aromatic N) is 1. The molecule has 1 unspecified atom stereocenters. The van der Waals surface area contributed by atoms with Gasteiger partial charge in [0, 0.05) is 12.6 Å². The summed E-state index contributed by atoms with van der Waals surface area (Å²) in [5, 5.41) is 0.267. The highest BCUT2D eigenvalue weighted by Gasteiger charge is 2.34. The van der Waals surface area contributed by atoms with E-state index in [1.807, 2.05) is 0 Å². The van der Waals surface area contributed by atoms with Crippen LogP contribution in [0.1, 0.15) is 23.7 Å². The van der Waals surface area contributed by atoms with Crippen LogP contribution in [0.25, 0.3) is 0 Å². The topological polar surface area (TPSA) is 80.8 Å². The van der Waals surface area contributed by atoms with Crippen molar-refractivity contribution in [1.29, 1.82) is 0 Å². The first-order valence-corrected chi connectivity index (χ1v) is 9.94. The molecule has 1 aliphatic heterocycles. The minimum absolute atomic E-state index is 0.000117. The van der Waals surface area contributed by atoms with Crippen LogP contribution >= 0.6 is 23.2 Å². The largest absolute Gasteiger partial charge is 0.452 e. The van der Waals surface area contributed by atoms with Gasteiger partial charge in [0.05, 0.1) is 27.1 Å². The van der Waals surface area contributed by atoms with E-state index in [4.69, 9.17) is 27.9 Å². The fourth-order valence-corrected chi connectivity index (χ4v) is 4.92. The molecule has 24 heavy (non-hydrogen) atoms. The normalized spacial score (nSPS) is 19.0. The monoisotopic (exact) mass is 393 g/mol. The summed E-state index contributed by atoms with van der Waals surface area (Å²) in [4.78, 5) is 25.8. The van der Waals surface area contributed by atoms with Crippen molar-refractivity contribution in [2.24, 2.45) is 0 Å². The molecule has 1 aromatic carbocycles. The molecule has 0 saturated carbocycles. The van der Waals surface area contributed by atoms with Gasteiger partial charge in [-0.05, 0) is 25.5 Å². The first kappa shape index (κ1) is 19.0. The van der Waals surface area contributed by atoms with E-state index in [2.05, 4.69) is 0 Å². The van der Waals surface area contributed by atoms with Crippen LogP contribution in [0, 0.1) is 0 Å². The number of esters is 1. The van der Waals surface area contributed by atoms with Gasteiger partial charge in [-0.15, -0.1) is 0 Å². The van der Waals surface area contributed by atoms with Crippen molar-refractivity contribution in [1.82, 2.24) is 4.90 Å². The van der Waals surface area contributed by atoms with Gasteiger partial charge in [-0.25, -0.2) is 13.2 Å². The van der Waals surface area contributed by atoms with Gasteiger partial charge in [-0.3, -0.25) is 4.79 Å². The predicted molar refractivity (Wildman–Crippen MR) is 91.2 cm³/mol. The van der Waals surface area contributed by atoms with Crippen molar-refractivity contribution < 1.29 is 22.7 Å². The highest BCUT2D eigenvalue weighted by atomic mass is 35.5. The van der Waals surface area contributed by atoms with Crippen molar-refractivity contribution >= 4 is 44.9 Å². The van der Waals surface area contributed by atoms with Crippen LogP contribution in [0.5, 0.6) is 0 Å². The maximum Gasteiger partial charge on any atom is 0.341 e. The van der Waals surface area contributed by atoms with Crippen LogP contribution in [0.4, 0.5) is 0 Å². The van der Waals surface area contributed by atoms with Crippen molar-refractivity contribution in [3.63, 3.8) is 0 Å². The predicted octanol–water partition coefficient (Wildman–Crippen LogP) is 2.19. The van der Waals surface area contributed by atoms with E-state index in [0.717, 1.165) is 0 Å². The molecule has 0 spiro atoms. The number of rotatable bonds is 5. The number of halogens is 2. The number of hydrogen-bond donors (Lipinski definition) is 0. The molecule has 1 saturated heterocycles. The Hall–Kier alpha value is -1.31. The van der Waals surface area contributed by atoms with Gasteiger partial charge in [0.15, 0.2) is 16.4 Å². The van der Waals surface area contributed by atoms with Crippen LogP contribution in [0.3, 0.4) is 0 Å². The van der Waals surface area contributed by atoms with Crippen LogP contribution < -0.4 is 0 Å². The molecular weight excluding hydrogens is 377 g/mol. The Morgan fingerprint density at radius 1 is 1.29 bits per heavy atom. The van der Waals surface area contributed by atoms with Crippen LogP contribution in [0.15, 0.2) is 18.2 Å². The summed E-state index contributed by atoms with van der Waals surface area (Å²) in [7, 11) is -3.11. The maximum atomic E-state index is 12.3. The minimum Gasteiger partial charge on any atom is -0.452 e. The standard InChI is InChI=1S/C15H17Cl2NO5S/c1-2-18(10-6-7-24(21,22)9-10)13(19)8-23-15(20)14-11(16)4-3-5-12(14)17/h3-5,10H,2,6-9H2,1H3. The third-order valence-corrected chi connectivity index (χ3v) is 6.18. The third-order valence-electron chi connectivity index (χ3n) is 3.80. The molecule has 132 valence electrons. The Kier molecular flexibility index (Phi) is 6.11. The lowest BCUT2D eigenvalue weighted by Crippen LogP contribution is -2.43. The zero-order chi connectivity index (χ0) is 17.9. The maximum absolute atomic E-state index is 12.3. The number of benzene rings is 1. The molecule has 0 bridgehead atoms. The summed E-state index contributed by atoms with van der Waals surface area (Å²) in [6, 6.07) is 4.20. The summed E-state index contributed by atoms with van der Waals surface area (Å²) >= 11 is 11.8. The molecule has 1 aromatic rings. The lowest BCUT2D eigenvalue weighted by atomic mass is 10.2. The molecule has 1 atom stereocenters. The zero-order valence-electron chi connectivity index (χ0n) is 13.0. The van der Waals surface area contributed by atoms with Gasteiger partial charge < -0.3 is 9.64 Å². The molecule has 0 radical (unpaired) electrons. The fourth-order valence-electron chi connectivity index (χ4n) is 2.63. The molecule has 0 aliphatic carbocycles. The van der Waals surface area contributed by atoms with Crippen molar-refractivity contribution in [2.45, 2.75) is 19.4 Å². The Bertz CT molecular complexity index is 730. The van der Waals surface area contributed by atoms with Crippen LogP contribution in [-0.4, -0.2) is 55.9 Å². The van der Waals surface area contributed by atoms with Gasteiger partial charge in [-0.2, -0.15) is 0 Å². The van der Waals surface area contributed by atoms with Crippen LogP contribution in [0.2, 0.25) is 10.0 Å². The minimum atomic E-state index is -3.11.